The Kier molecular flexibility index (Phi) is 7.36. The van der Waals surface area contributed by atoms with Crippen LogP contribution >= 0.6 is 0 Å². The van der Waals surface area contributed by atoms with Gasteiger partial charge in [-0.15, -0.1) is 0 Å². The molecule has 0 spiro atoms. The van der Waals surface area contributed by atoms with Gasteiger partial charge in [0.25, 0.3) is 5.60 Å². The number of ether oxygens (including phenoxy) is 2. The van der Waals surface area contributed by atoms with Crippen LogP contribution in [0.25, 0.3) is 0 Å². The summed E-state index contributed by atoms with van der Waals surface area (Å²) < 4.78 is 10.9. The topological polar surface area (TPSA) is 168 Å². The second-order valence-electron chi connectivity index (χ2n) is 10.7. The van der Waals surface area contributed by atoms with Gasteiger partial charge in [-0.1, -0.05) is 24.5 Å². The van der Waals surface area contributed by atoms with Crippen LogP contribution in [0.2, 0.25) is 0 Å². The molecule has 7 atom stereocenters. The Balaban J connectivity index is 1.55. The third kappa shape index (κ3) is 4.40. The zero-order valence-corrected chi connectivity index (χ0v) is 21.1. The van der Waals surface area contributed by atoms with Crippen molar-refractivity contribution in [1.82, 2.24) is 5.32 Å². The number of Topliss-reactive ketones (excluding diaryl/α,β-unsaturated/α-hetero) is 2. The number of esters is 1. The number of quaternary nitrogens is 1. The van der Waals surface area contributed by atoms with Crippen LogP contribution in [0, 0.1) is 17.8 Å². The van der Waals surface area contributed by atoms with E-state index in [0.29, 0.717) is 31.1 Å². The molecule has 0 aromatic rings. The van der Waals surface area contributed by atoms with Crippen molar-refractivity contribution < 1.29 is 34.2 Å². The Bertz CT molecular complexity index is 935. The van der Waals surface area contributed by atoms with E-state index in [1.54, 1.807) is 7.05 Å². The molecule has 2 heterocycles. The lowest BCUT2D eigenvalue weighted by molar-refractivity contribution is -0.699. The van der Waals surface area contributed by atoms with Gasteiger partial charge in [-0.25, -0.2) is 4.79 Å². The molecule has 4 aliphatic rings. The van der Waals surface area contributed by atoms with Crippen LogP contribution in [0.5, 0.6) is 0 Å². The summed E-state index contributed by atoms with van der Waals surface area (Å²) in [5, 5.41) is 5.53. The van der Waals surface area contributed by atoms with Gasteiger partial charge in [0.2, 0.25) is 0 Å². The molecule has 2 saturated carbocycles. The first kappa shape index (κ1) is 25.8. The SMILES string of the molecule is C[NH+]=C(N)N[C@@H](CC(C)=CC[C@@]12O[C@]1(C(=O)OC)C(=O)C1CCCCC1C2=O)C1CC[NH2+]C(N)C1. The minimum atomic E-state index is -1.79. The van der Waals surface area contributed by atoms with E-state index in [0.717, 1.165) is 37.8 Å². The number of carbonyl (C=O) groups is 3. The first-order valence-corrected chi connectivity index (χ1v) is 12.9. The quantitative estimate of drug-likeness (QED) is 0.0656. The van der Waals surface area contributed by atoms with Crippen molar-refractivity contribution in [2.75, 3.05) is 20.7 Å². The number of guanidine groups is 1. The standard InChI is InChI=1S/C25H39N5O5/c1-14(12-18(30-23(27)28-2)15-9-11-29-19(26)13-15)8-10-24-20(31)16-6-4-5-7-17(16)21(32)25(24,35-24)22(33)34-3/h8,15-19,29H,4-7,9-13,26H2,1-3H3,(H3,27,28,30)/p+2/t15?,16?,17?,18-,19?,24-,25-/m0/s1. The van der Waals surface area contributed by atoms with E-state index in [1.807, 2.05) is 13.0 Å². The average Bonchev–Trinajstić information content (AvgIpc) is 3.57. The molecule has 10 nitrogen and oxygen atoms in total. The molecule has 0 bridgehead atoms. The summed E-state index contributed by atoms with van der Waals surface area (Å²) in [6.07, 6.45) is 7.85. The van der Waals surface area contributed by atoms with Crippen molar-refractivity contribution in [2.45, 2.75) is 81.7 Å². The summed E-state index contributed by atoms with van der Waals surface area (Å²) in [4.78, 5) is 42.8. The number of hydrogen-bond acceptors (Lipinski definition) is 6. The van der Waals surface area contributed by atoms with E-state index in [4.69, 9.17) is 20.9 Å². The molecule has 0 aromatic heterocycles. The Hall–Kier alpha value is -2.30. The van der Waals surface area contributed by atoms with Gasteiger partial charge < -0.3 is 14.8 Å². The zero-order chi connectivity index (χ0) is 25.4. The Morgan fingerprint density at radius 2 is 1.97 bits per heavy atom. The fourth-order valence-corrected chi connectivity index (χ4v) is 6.57. The third-order valence-electron chi connectivity index (χ3n) is 8.55. The lowest BCUT2D eigenvalue weighted by Gasteiger charge is -2.36. The normalized spacial score (nSPS) is 38.3. The Morgan fingerprint density at radius 3 is 2.60 bits per heavy atom. The number of piperidine rings is 1. The molecule has 4 rings (SSSR count). The fourth-order valence-electron chi connectivity index (χ4n) is 6.57. The summed E-state index contributed by atoms with van der Waals surface area (Å²) in [6, 6.07) is 0.0628. The van der Waals surface area contributed by atoms with E-state index in [9.17, 15) is 14.4 Å². The van der Waals surface area contributed by atoms with Crippen LogP contribution in [0.1, 0.15) is 58.3 Å². The largest absolute Gasteiger partial charge is 0.466 e. The summed E-state index contributed by atoms with van der Waals surface area (Å²) in [5.74, 6) is -1.13. The molecule has 4 fully saturated rings. The maximum absolute atomic E-state index is 13.6. The number of fused-ring (bicyclic) bond motifs is 2. The highest BCUT2D eigenvalue weighted by molar-refractivity contribution is 6.23. The van der Waals surface area contributed by atoms with Crippen molar-refractivity contribution >= 4 is 23.5 Å². The molecule has 4 unspecified atom stereocenters. The van der Waals surface area contributed by atoms with Crippen LogP contribution in [0.3, 0.4) is 0 Å². The molecule has 0 radical (unpaired) electrons. The van der Waals surface area contributed by atoms with E-state index >= 15 is 0 Å². The minimum absolute atomic E-state index is 0.0619. The number of epoxide rings is 1. The highest BCUT2D eigenvalue weighted by Crippen LogP contribution is 2.61. The Morgan fingerprint density at radius 1 is 1.29 bits per heavy atom. The van der Waals surface area contributed by atoms with Crippen molar-refractivity contribution in [3.8, 4) is 0 Å². The van der Waals surface area contributed by atoms with Gasteiger partial charge in [0.1, 0.15) is 6.17 Å². The van der Waals surface area contributed by atoms with Crippen molar-refractivity contribution in [2.24, 2.45) is 29.2 Å². The van der Waals surface area contributed by atoms with Crippen LogP contribution in [0.4, 0.5) is 0 Å². The van der Waals surface area contributed by atoms with Gasteiger partial charge in [0.15, 0.2) is 17.2 Å². The van der Waals surface area contributed by atoms with Crippen molar-refractivity contribution in [3.63, 3.8) is 0 Å². The van der Waals surface area contributed by atoms with Crippen LogP contribution in [-0.4, -0.2) is 67.6 Å². The number of carbonyl (C=O) groups excluding carboxylic acids is 3. The second kappa shape index (κ2) is 9.99. The molecule has 8 N–H and O–H groups in total. The predicted octanol–water partition coefficient (Wildman–Crippen LogP) is -2.41. The van der Waals surface area contributed by atoms with Gasteiger partial charge in [0.05, 0.1) is 26.7 Å². The summed E-state index contributed by atoms with van der Waals surface area (Å²) in [7, 11) is 3.00. The molecular weight excluding hydrogens is 450 g/mol. The minimum Gasteiger partial charge on any atom is -0.466 e. The first-order valence-electron chi connectivity index (χ1n) is 12.9. The van der Waals surface area contributed by atoms with Gasteiger partial charge in [0, 0.05) is 43.4 Å². The smallest absolute Gasteiger partial charge is 0.349 e. The van der Waals surface area contributed by atoms with Gasteiger partial charge in [-0.2, -0.15) is 0 Å². The number of ketones is 2. The lowest BCUT2D eigenvalue weighted by atomic mass is 9.61. The number of nitrogens with two attached hydrogens (primary N) is 3. The van der Waals surface area contributed by atoms with E-state index in [2.05, 4.69) is 15.6 Å². The van der Waals surface area contributed by atoms with E-state index < -0.39 is 23.1 Å². The third-order valence-corrected chi connectivity index (χ3v) is 8.55. The molecular formula is C25H41N5O5+2. The Labute approximate surface area is 206 Å². The average molecular weight is 492 g/mol. The van der Waals surface area contributed by atoms with Crippen LogP contribution < -0.4 is 27.1 Å². The number of hydrogen-bond donors (Lipinski definition) is 5. The number of rotatable bonds is 7. The predicted molar refractivity (Wildman–Crippen MR) is 128 cm³/mol. The molecule has 2 saturated heterocycles. The van der Waals surface area contributed by atoms with Gasteiger partial charge in [-0.05, 0) is 19.8 Å². The van der Waals surface area contributed by atoms with Gasteiger partial charge >= 0.3 is 11.9 Å². The van der Waals surface area contributed by atoms with Crippen LogP contribution in [0.15, 0.2) is 11.6 Å². The molecule has 194 valence electrons. The molecule has 2 aliphatic carbocycles. The molecule has 0 aromatic carbocycles. The maximum atomic E-state index is 13.6. The molecule has 10 heteroatoms. The second-order valence-corrected chi connectivity index (χ2v) is 10.7. The van der Waals surface area contributed by atoms with Crippen LogP contribution in [-0.2, 0) is 23.9 Å². The number of methoxy groups -OCH3 is 1. The summed E-state index contributed by atoms with van der Waals surface area (Å²) >= 11 is 0. The monoisotopic (exact) mass is 491 g/mol. The van der Waals surface area contributed by atoms with E-state index in [1.165, 1.54) is 7.11 Å². The zero-order valence-electron chi connectivity index (χ0n) is 21.1. The molecule has 35 heavy (non-hydrogen) atoms. The van der Waals surface area contributed by atoms with Crippen molar-refractivity contribution in [3.05, 3.63) is 11.6 Å². The summed E-state index contributed by atoms with van der Waals surface area (Å²) in [5.41, 5.74) is 10.0. The first-order chi connectivity index (χ1) is 16.7. The highest BCUT2D eigenvalue weighted by Gasteiger charge is 2.86. The van der Waals surface area contributed by atoms with Crippen molar-refractivity contribution in [1.29, 1.82) is 0 Å². The molecule has 0 amide bonds. The van der Waals surface area contributed by atoms with Gasteiger partial charge in [-0.3, -0.25) is 31.4 Å². The summed E-state index contributed by atoms with van der Waals surface area (Å²) in [6.45, 7) is 2.96. The molecule has 2 aliphatic heterocycles. The lowest BCUT2D eigenvalue weighted by Crippen LogP contribution is -2.95. The number of nitrogens with one attached hydrogen (secondary N) is 2. The van der Waals surface area contributed by atoms with E-state index in [-0.39, 0.29) is 36.1 Å². The maximum Gasteiger partial charge on any atom is 0.349 e. The highest BCUT2D eigenvalue weighted by atomic mass is 16.7. The fraction of sp³-hybridized carbons (Fsp3) is 0.760.